The number of carbonyl (C=O) groups is 1. The van der Waals surface area contributed by atoms with Crippen LogP contribution < -0.4 is 14.9 Å². The maximum Gasteiger partial charge on any atom is 0.330 e. The number of ether oxygens (including phenoxy) is 11. The van der Waals surface area contributed by atoms with Gasteiger partial charge in [-0.1, -0.05) is 6.07 Å². The van der Waals surface area contributed by atoms with Crippen LogP contribution in [0.1, 0.15) is 19.4 Å². The van der Waals surface area contributed by atoms with Crippen LogP contribution in [0.5, 0.6) is 46.0 Å². The SMILES string of the molecule is CC1OC(OC2COC(Oc3c(O)cc(-c4oc5cc(O)cc(O)c5c(=O)c4OC4OC(C)C(O)C(O)C4OC4OC(COC(=O)C=Cc5ccc(O)c(O)c5)C(O)C(O)C4OC4OC(CO)C(O)C(O)C4O)cc3O)C(O)C2O)C(O)C(O)C1O. The minimum Gasteiger partial charge on any atom is -0.508 e. The lowest BCUT2D eigenvalue weighted by atomic mass is 9.96. The van der Waals surface area contributed by atoms with Crippen LogP contribution in [0.2, 0.25) is 0 Å². The molecule has 474 valence electrons. The summed E-state index contributed by atoms with van der Waals surface area (Å²) in [4.78, 5) is 27.6. The largest absolute Gasteiger partial charge is 0.508 e. The fourth-order valence-electron chi connectivity index (χ4n) is 9.99. The normalized spacial score (nSPS) is 37.8. The number of benzene rings is 3. The summed E-state index contributed by atoms with van der Waals surface area (Å²) in [5.74, 6) is -8.17. The van der Waals surface area contributed by atoms with E-state index < -0.39 is 247 Å². The van der Waals surface area contributed by atoms with Crippen LogP contribution in [0, 0.1) is 0 Å². The molecule has 5 saturated heterocycles. The van der Waals surface area contributed by atoms with Gasteiger partial charge in [0.15, 0.2) is 53.7 Å². The molecule has 24 unspecified atom stereocenters. The first kappa shape index (κ1) is 64.1. The second kappa shape index (κ2) is 26.1. The Bertz CT molecular complexity index is 3100. The molecule has 5 aliphatic heterocycles. The first-order chi connectivity index (χ1) is 40.7. The van der Waals surface area contributed by atoms with Gasteiger partial charge in [-0.15, -0.1) is 0 Å². The number of hydrogen-bond donors (Lipinski definition) is 19. The van der Waals surface area contributed by atoms with Crippen molar-refractivity contribution in [2.45, 2.75) is 161 Å². The number of hydrogen-bond acceptors (Lipinski definition) is 33. The average molecular weight is 1230 g/mol. The van der Waals surface area contributed by atoms with Crippen LogP contribution in [-0.2, 0) is 47.4 Å². The van der Waals surface area contributed by atoms with E-state index in [4.69, 9.17) is 56.5 Å². The van der Waals surface area contributed by atoms with Crippen molar-refractivity contribution in [3.05, 3.63) is 64.3 Å². The van der Waals surface area contributed by atoms with Crippen molar-refractivity contribution in [1.82, 2.24) is 0 Å². The summed E-state index contributed by atoms with van der Waals surface area (Å²) in [6.07, 6.45) is -43.2. The van der Waals surface area contributed by atoms with Gasteiger partial charge in [0.2, 0.25) is 29.5 Å². The zero-order valence-corrected chi connectivity index (χ0v) is 44.9. The maximum absolute atomic E-state index is 14.7. The fourth-order valence-corrected chi connectivity index (χ4v) is 9.99. The Labute approximate surface area is 483 Å². The zero-order valence-electron chi connectivity index (χ0n) is 44.9. The molecule has 19 N–H and O–H groups in total. The Kier molecular flexibility index (Phi) is 19.5. The smallest absolute Gasteiger partial charge is 0.330 e. The van der Waals surface area contributed by atoms with Crippen molar-refractivity contribution in [2.75, 3.05) is 19.8 Å². The van der Waals surface area contributed by atoms with Gasteiger partial charge in [-0.05, 0) is 49.8 Å². The van der Waals surface area contributed by atoms with Crippen LogP contribution in [0.15, 0.2) is 57.8 Å². The number of fused-ring (bicyclic) bond motifs is 1. The minimum atomic E-state index is -2.26. The van der Waals surface area contributed by atoms with E-state index in [1.54, 1.807) is 0 Å². The summed E-state index contributed by atoms with van der Waals surface area (Å²) in [6, 6.07) is 6.81. The quantitative estimate of drug-likeness (QED) is 0.0283. The molecular formula is C53H64O33. The predicted molar refractivity (Wildman–Crippen MR) is 275 cm³/mol. The monoisotopic (exact) mass is 1230 g/mol. The van der Waals surface area contributed by atoms with Gasteiger partial charge in [0.25, 0.3) is 0 Å². The Balaban J connectivity index is 1.02. The lowest BCUT2D eigenvalue weighted by molar-refractivity contribution is -0.388. The second-order valence-corrected chi connectivity index (χ2v) is 20.9. The van der Waals surface area contributed by atoms with Crippen LogP contribution in [-0.4, -0.2) is 270 Å². The highest BCUT2D eigenvalue weighted by Gasteiger charge is 2.55. The van der Waals surface area contributed by atoms with E-state index in [9.17, 15) is 107 Å². The Morgan fingerprint density at radius 1 is 0.547 bits per heavy atom. The third kappa shape index (κ3) is 13.0. The molecule has 0 bridgehead atoms. The molecule has 9 rings (SSSR count). The van der Waals surface area contributed by atoms with Gasteiger partial charge in [-0.25, -0.2) is 4.79 Å². The van der Waals surface area contributed by atoms with Gasteiger partial charge < -0.3 is 154 Å². The van der Waals surface area contributed by atoms with E-state index >= 15 is 0 Å². The molecule has 6 heterocycles. The molecule has 4 aromatic rings. The van der Waals surface area contributed by atoms with Crippen molar-refractivity contribution in [1.29, 1.82) is 0 Å². The highest BCUT2D eigenvalue weighted by molar-refractivity contribution is 5.89. The van der Waals surface area contributed by atoms with E-state index in [-0.39, 0.29) is 5.56 Å². The number of aliphatic hydroxyl groups excluding tert-OH is 13. The number of aromatic hydroxyl groups is 6. The molecule has 5 fully saturated rings. The topological polar surface area (TPSA) is 533 Å². The van der Waals surface area contributed by atoms with Crippen molar-refractivity contribution < 1.29 is 158 Å². The average Bonchev–Trinajstić information content (AvgIpc) is 1.01. The molecule has 0 radical (unpaired) electrons. The molecule has 1 aromatic heterocycles. The summed E-state index contributed by atoms with van der Waals surface area (Å²) < 4.78 is 68.8. The zero-order chi connectivity index (χ0) is 62.5. The summed E-state index contributed by atoms with van der Waals surface area (Å²) in [7, 11) is 0. The Morgan fingerprint density at radius 3 is 1.77 bits per heavy atom. The number of phenolic OH excluding ortho intramolecular Hbond substituents is 6. The molecular weight excluding hydrogens is 1160 g/mol. The Morgan fingerprint density at radius 2 is 1.10 bits per heavy atom. The van der Waals surface area contributed by atoms with E-state index in [2.05, 4.69) is 0 Å². The van der Waals surface area contributed by atoms with E-state index in [0.29, 0.717) is 0 Å². The molecule has 0 spiro atoms. The fraction of sp³-hybridized carbons (Fsp3) is 0.547. The Hall–Kier alpha value is -6.36. The maximum atomic E-state index is 14.7. The van der Waals surface area contributed by atoms with Crippen molar-refractivity contribution >= 4 is 23.0 Å². The lowest BCUT2D eigenvalue weighted by Crippen LogP contribution is -2.67. The molecule has 24 atom stereocenters. The molecule has 5 aliphatic rings. The first-order valence-electron chi connectivity index (χ1n) is 26.4. The highest BCUT2D eigenvalue weighted by Crippen LogP contribution is 2.46. The van der Waals surface area contributed by atoms with Gasteiger partial charge in [0.1, 0.15) is 127 Å². The molecule has 33 nitrogen and oxygen atoms in total. The third-order valence-electron chi connectivity index (χ3n) is 14.9. The first-order valence-corrected chi connectivity index (χ1v) is 26.4. The van der Waals surface area contributed by atoms with Crippen LogP contribution in [0.25, 0.3) is 28.4 Å². The third-order valence-corrected chi connectivity index (χ3v) is 14.9. The number of rotatable bonds is 16. The summed E-state index contributed by atoms with van der Waals surface area (Å²) >= 11 is 0. The van der Waals surface area contributed by atoms with Crippen molar-refractivity contribution in [3.8, 4) is 57.3 Å². The second-order valence-electron chi connectivity index (χ2n) is 20.9. The van der Waals surface area contributed by atoms with Crippen LogP contribution >= 0.6 is 0 Å². The van der Waals surface area contributed by atoms with Crippen LogP contribution in [0.4, 0.5) is 0 Å². The van der Waals surface area contributed by atoms with E-state index in [1.165, 1.54) is 26.0 Å². The number of aliphatic hydroxyl groups is 13. The molecule has 0 amide bonds. The number of esters is 1. The summed E-state index contributed by atoms with van der Waals surface area (Å²) in [5, 5.41) is 204. The lowest BCUT2D eigenvalue weighted by Gasteiger charge is -2.48. The van der Waals surface area contributed by atoms with Crippen molar-refractivity contribution in [3.63, 3.8) is 0 Å². The number of phenols is 6. The molecule has 86 heavy (non-hydrogen) atoms. The molecule has 33 heteroatoms. The van der Waals surface area contributed by atoms with Gasteiger partial charge in [-0.2, -0.15) is 0 Å². The number of carbonyl (C=O) groups excluding carboxylic acids is 1. The van der Waals surface area contributed by atoms with Crippen LogP contribution in [0.3, 0.4) is 0 Å². The summed E-state index contributed by atoms with van der Waals surface area (Å²) in [6.45, 7) is 0.137. The molecule has 0 saturated carbocycles. The molecule has 0 aliphatic carbocycles. The summed E-state index contributed by atoms with van der Waals surface area (Å²) in [5.41, 5.74) is -2.10. The van der Waals surface area contributed by atoms with Gasteiger partial charge >= 0.3 is 5.97 Å². The van der Waals surface area contributed by atoms with E-state index in [1.807, 2.05) is 0 Å². The highest BCUT2D eigenvalue weighted by atomic mass is 16.8. The van der Waals surface area contributed by atoms with Gasteiger partial charge in [0, 0.05) is 23.8 Å². The minimum absolute atomic E-state index is 0.224. The van der Waals surface area contributed by atoms with Gasteiger partial charge in [-0.3, -0.25) is 4.79 Å². The van der Waals surface area contributed by atoms with Gasteiger partial charge in [0.05, 0.1) is 25.4 Å². The van der Waals surface area contributed by atoms with E-state index in [0.717, 1.165) is 42.5 Å². The van der Waals surface area contributed by atoms with Crippen molar-refractivity contribution in [2.24, 2.45) is 0 Å². The predicted octanol–water partition coefficient (Wildman–Crippen LogP) is -5.52. The molecule has 3 aromatic carbocycles. The standard InChI is InChI=1S/C53H64O33/c1-15-31(62)37(68)42(73)50(77-15)81-28-14-76-49(41(72)35(28)66)83-45-23(59)8-18(9-24(45)60)44-46(36(67)30-22(58)10-19(55)11-25(30)79-44)84-52-47(39(70)32(63)16(2)78-52)86-53-48(85-51-43(74)38(69)33(64)26(12-54)80-51)40(71)34(65)27(82-53)13-75-29(61)6-4-17-3-5-20(56)21(57)7-17/h3-11,15-16,26-28,31-35,37-43,47-60,62-66,68-74H,12-14H2,1-2H3.